The predicted molar refractivity (Wildman–Crippen MR) is 84.6 cm³/mol. The van der Waals surface area contributed by atoms with Crippen molar-refractivity contribution >= 4 is 5.91 Å². The van der Waals surface area contributed by atoms with Crippen molar-refractivity contribution in [3.05, 3.63) is 54.1 Å². The van der Waals surface area contributed by atoms with Crippen molar-refractivity contribution < 1.29 is 14.1 Å². The van der Waals surface area contributed by atoms with Crippen LogP contribution in [0.25, 0.3) is 22.8 Å². The highest BCUT2D eigenvalue weighted by molar-refractivity contribution is 5.75. The Hall–Kier alpha value is -3.15. The summed E-state index contributed by atoms with van der Waals surface area (Å²) in [5.74, 6) is 0.875. The van der Waals surface area contributed by atoms with Gasteiger partial charge in [-0.15, -0.1) is 0 Å². The Morgan fingerprint density at radius 3 is 2.70 bits per heavy atom. The van der Waals surface area contributed by atoms with Gasteiger partial charge in [-0.3, -0.25) is 4.79 Å². The first-order valence-corrected chi connectivity index (χ1v) is 7.04. The first kappa shape index (κ1) is 14.8. The topological polar surface area (TPSA) is 91.2 Å². The Labute approximate surface area is 132 Å². The largest absolute Gasteiger partial charge is 0.484 e. The highest BCUT2D eigenvalue weighted by Gasteiger charge is 2.11. The second-order valence-corrected chi connectivity index (χ2v) is 5.07. The Morgan fingerprint density at radius 2 is 1.96 bits per heavy atom. The Kier molecular flexibility index (Phi) is 4.05. The standard InChI is InChI=1S/C17H15N3O3/c1-11-5-7-12(8-6-11)16-19-17(23-20-16)13-3-2-4-14(9-13)22-10-15(18)21/h2-9H,10H2,1H3,(H2,18,21). The van der Waals surface area contributed by atoms with E-state index in [1.807, 2.05) is 37.3 Å². The van der Waals surface area contributed by atoms with Crippen molar-refractivity contribution in [2.24, 2.45) is 5.73 Å². The third-order valence-corrected chi connectivity index (χ3v) is 3.20. The molecule has 3 aromatic rings. The fourth-order valence-corrected chi connectivity index (χ4v) is 2.03. The summed E-state index contributed by atoms with van der Waals surface area (Å²) in [6, 6.07) is 14.9. The average molecular weight is 309 g/mol. The predicted octanol–water partition coefficient (Wildman–Crippen LogP) is 2.58. The van der Waals surface area contributed by atoms with Gasteiger partial charge in [-0.05, 0) is 25.1 Å². The number of ether oxygens (including phenoxy) is 1. The van der Waals surface area contributed by atoms with Crippen molar-refractivity contribution in [3.8, 4) is 28.6 Å². The molecule has 0 bridgehead atoms. The quantitative estimate of drug-likeness (QED) is 0.782. The number of aromatic nitrogens is 2. The van der Waals surface area contributed by atoms with Crippen LogP contribution in [0.5, 0.6) is 5.75 Å². The van der Waals surface area contributed by atoms with Crippen molar-refractivity contribution in [2.75, 3.05) is 6.61 Å². The highest BCUT2D eigenvalue weighted by atomic mass is 16.5. The molecule has 2 aromatic carbocycles. The first-order chi connectivity index (χ1) is 11.1. The number of primary amides is 1. The lowest BCUT2D eigenvalue weighted by Crippen LogP contribution is -2.19. The second kappa shape index (κ2) is 6.31. The zero-order chi connectivity index (χ0) is 16.2. The number of hydrogen-bond donors (Lipinski definition) is 1. The summed E-state index contributed by atoms with van der Waals surface area (Å²) in [5.41, 5.74) is 7.81. The van der Waals surface area contributed by atoms with Crippen LogP contribution in [0.3, 0.4) is 0 Å². The zero-order valence-corrected chi connectivity index (χ0v) is 12.5. The van der Waals surface area contributed by atoms with Crippen LogP contribution in [0.1, 0.15) is 5.56 Å². The monoisotopic (exact) mass is 309 g/mol. The highest BCUT2D eigenvalue weighted by Crippen LogP contribution is 2.25. The van der Waals surface area contributed by atoms with Crippen LogP contribution >= 0.6 is 0 Å². The molecule has 116 valence electrons. The van der Waals surface area contributed by atoms with Crippen LogP contribution in [0.4, 0.5) is 0 Å². The van der Waals surface area contributed by atoms with E-state index >= 15 is 0 Å². The number of benzene rings is 2. The summed E-state index contributed by atoms with van der Waals surface area (Å²) in [6.07, 6.45) is 0. The summed E-state index contributed by atoms with van der Waals surface area (Å²) in [5, 5.41) is 4.00. The van der Waals surface area contributed by atoms with Crippen LogP contribution in [0.2, 0.25) is 0 Å². The van der Waals surface area contributed by atoms with E-state index in [9.17, 15) is 4.79 Å². The first-order valence-electron chi connectivity index (χ1n) is 7.04. The molecule has 0 radical (unpaired) electrons. The lowest BCUT2D eigenvalue weighted by molar-refractivity contribution is -0.119. The summed E-state index contributed by atoms with van der Waals surface area (Å²) in [6.45, 7) is 1.84. The van der Waals surface area contributed by atoms with Gasteiger partial charge < -0.3 is 15.0 Å². The number of nitrogens with zero attached hydrogens (tertiary/aromatic N) is 2. The molecule has 0 aliphatic heterocycles. The maximum atomic E-state index is 10.8. The molecular weight excluding hydrogens is 294 g/mol. The van der Waals surface area contributed by atoms with Gasteiger partial charge in [0, 0.05) is 11.1 Å². The van der Waals surface area contributed by atoms with Crippen molar-refractivity contribution in [1.29, 1.82) is 0 Å². The molecule has 2 N–H and O–H groups in total. The van der Waals surface area contributed by atoms with Gasteiger partial charge in [0.25, 0.3) is 11.8 Å². The molecule has 1 amide bonds. The lowest BCUT2D eigenvalue weighted by atomic mass is 10.1. The zero-order valence-electron chi connectivity index (χ0n) is 12.5. The Morgan fingerprint density at radius 1 is 1.17 bits per heavy atom. The molecule has 0 aliphatic carbocycles. The molecule has 0 atom stereocenters. The molecule has 23 heavy (non-hydrogen) atoms. The third-order valence-electron chi connectivity index (χ3n) is 3.20. The lowest BCUT2D eigenvalue weighted by Gasteiger charge is -2.03. The number of nitrogens with two attached hydrogens (primary N) is 1. The number of carbonyl (C=O) groups is 1. The average Bonchev–Trinajstić information content (AvgIpc) is 3.04. The molecular formula is C17H15N3O3. The summed E-state index contributed by atoms with van der Waals surface area (Å²) in [7, 11) is 0. The molecule has 0 spiro atoms. The Bertz CT molecular complexity index is 825. The number of carbonyl (C=O) groups excluding carboxylic acids is 1. The van der Waals surface area contributed by atoms with Gasteiger partial charge in [-0.1, -0.05) is 41.1 Å². The minimum atomic E-state index is -0.533. The molecule has 1 heterocycles. The normalized spacial score (nSPS) is 10.5. The molecule has 6 heteroatoms. The van der Waals surface area contributed by atoms with Crippen LogP contribution < -0.4 is 10.5 Å². The van der Waals surface area contributed by atoms with Crippen LogP contribution in [-0.4, -0.2) is 22.7 Å². The number of amides is 1. The van der Waals surface area contributed by atoms with Gasteiger partial charge in [-0.2, -0.15) is 4.98 Å². The van der Waals surface area contributed by atoms with Crippen LogP contribution in [-0.2, 0) is 4.79 Å². The molecule has 6 nitrogen and oxygen atoms in total. The van der Waals surface area contributed by atoms with Gasteiger partial charge in [0.2, 0.25) is 5.82 Å². The van der Waals surface area contributed by atoms with E-state index in [-0.39, 0.29) is 6.61 Å². The van der Waals surface area contributed by atoms with Gasteiger partial charge in [0.15, 0.2) is 6.61 Å². The van der Waals surface area contributed by atoms with E-state index in [0.717, 1.165) is 11.1 Å². The molecule has 3 rings (SSSR count). The Balaban J connectivity index is 1.84. The van der Waals surface area contributed by atoms with E-state index in [4.69, 9.17) is 15.0 Å². The maximum Gasteiger partial charge on any atom is 0.258 e. The van der Waals surface area contributed by atoms with Gasteiger partial charge in [-0.25, -0.2) is 0 Å². The summed E-state index contributed by atoms with van der Waals surface area (Å²) in [4.78, 5) is 15.2. The number of hydrogen-bond acceptors (Lipinski definition) is 5. The number of rotatable bonds is 5. The molecule has 0 aliphatic rings. The van der Waals surface area contributed by atoms with Crippen molar-refractivity contribution in [2.45, 2.75) is 6.92 Å². The molecule has 0 saturated carbocycles. The SMILES string of the molecule is Cc1ccc(-c2noc(-c3cccc(OCC(N)=O)c3)n2)cc1. The van der Waals surface area contributed by atoms with E-state index in [1.54, 1.807) is 18.2 Å². The van der Waals surface area contributed by atoms with Crippen molar-refractivity contribution in [3.63, 3.8) is 0 Å². The van der Waals surface area contributed by atoms with Crippen molar-refractivity contribution in [1.82, 2.24) is 10.1 Å². The van der Waals surface area contributed by atoms with E-state index < -0.39 is 5.91 Å². The maximum absolute atomic E-state index is 10.8. The minimum absolute atomic E-state index is 0.179. The summed E-state index contributed by atoms with van der Waals surface area (Å²) >= 11 is 0. The third kappa shape index (κ3) is 3.55. The van der Waals surface area contributed by atoms with E-state index in [0.29, 0.717) is 23.0 Å². The smallest absolute Gasteiger partial charge is 0.258 e. The van der Waals surface area contributed by atoms with Gasteiger partial charge >= 0.3 is 0 Å². The van der Waals surface area contributed by atoms with Gasteiger partial charge in [0.05, 0.1) is 0 Å². The van der Waals surface area contributed by atoms with E-state index in [1.165, 1.54) is 0 Å². The minimum Gasteiger partial charge on any atom is -0.484 e. The van der Waals surface area contributed by atoms with E-state index in [2.05, 4.69) is 10.1 Å². The fourth-order valence-electron chi connectivity index (χ4n) is 2.03. The van der Waals surface area contributed by atoms with Crippen LogP contribution in [0.15, 0.2) is 53.1 Å². The molecule has 0 unspecified atom stereocenters. The summed E-state index contributed by atoms with van der Waals surface area (Å²) < 4.78 is 10.6. The molecule has 0 fully saturated rings. The van der Waals surface area contributed by atoms with Gasteiger partial charge in [0.1, 0.15) is 5.75 Å². The fraction of sp³-hybridized carbons (Fsp3) is 0.118. The van der Waals surface area contributed by atoms with Crippen LogP contribution in [0, 0.1) is 6.92 Å². The molecule has 0 saturated heterocycles. The second-order valence-electron chi connectivity index (χ2n) is 5.07. The molecule has 1 aromatic heterocycles. The number of aryl methyl sites for hydroxylation is 1.